The third-order valence-electron chi connectivity index (χ3n) is 5.52. The van der Waals surface area contributed by atoms with E-state index in [2.05, 4.69) is 15.2 Å². The van der Waals surface area contributed by atoms with Crippen LogP contribution in [-0.2, 0) is 29.0 Å². The van der Waals surface area contributed by atoms with Crippen LogP contribution in [0.25, 0.3) is 0 Å². The number of sulfonamides is 1. The van der Waals surface area contributed by atoms with Crippen LogP contribution in [0, 0.1) is 27.7 Å². The number of aromatic nitrogens is 1. The van der Waals surface area contributed by atoms with Crippen LogP contribution in [-0.4, -0.2) is 65.6 Å². The van der Waals surface area contributed by atoms with Crippen LogP contribution in [0.15, 0.2) is 26.9 Å². The van der Waals surface area contributed by atoms with Gasteiger partial charge in [0.05, 0.1) is 32.1 Å². The largest absolute Gasteiger partial charge is 0.424 e. The Bertz CT molecular complexity index is 1470. The van der Waals surface area contributed by atoms with Crippen molar-refractivity contribution >= 4 is 56.4 Å². The zero-order chi connectivity index (χ0) is 29.4. The summed E-state index contributed by atoms with van der Waals surface area (Å²) in [5, 5.41) is 7.87. The number of nitrogens with zero attached hydrogens (tertiary/aromatic N) is 1. The van der Waals surface area contributed by atoms with Gasteiger partial charge in [0.15, 0.2) is 0 Å². The van der Waals surface area contributed by atoms with E-state index in [4.69, 9.17) is 35.1 Å². The van der Waals surface area contributed by atoms with Gasteiger partial charge >= 0.3 is 5.97 Å². The van der Waals surface area contributed by atoms with E-state index in [1.165, 1.54) is 11.4 Å². The molecule has 0 unspecified atom stereocenters. The van der Waals surface area contributed by atoms with Gasteiger partial charge in [0.2, 0.25) is 0 Å². The highest BCUT2D eigenvalue weighted by atomic mass is 35.5. The van der Waals surface area contributed by atoms with Crippen molar-refractivity contribution in [3.8, 4) is 5.75 Å². The van der Waals surface area contributed by atoms with Crippen LogP contribution >= 0.6 is 22.9 Å². The summed E-state index contributed by atoms with van der Waals surface area (Å²) in [5.74, 6) is -1.28. The second-order valence-electron chi connectivity index (χ2n) is 8.56. The summed E-state index contributed by atoms with van der Waals surface area (Å²) >= 11 is 6.97. The van der Waals surface area contributed by atoms with E-state index in [0.29, 0.717) is 47.9 Å². The first-order valence-electron chi connectivity index (χ1n) is 12.0. The van der Waals surface area contributed by atoms with E-state index in [-0.39, 0.29) is 39.6 Å². The summed E-state index contributed by atoms with van der Waals surface area (Å²) < 4.78 is 54.2. The van der Waals surface area contributed by atoms with Crippen molar-refractivity contribution in [3.63, 3.8) is 0 Å². The maximum atomic E-state index is 13.3. The number of carbonyl (C=O) groups excluding carboxylic acids is 2. The molecule has 3 rings (SSSR count). The molecular weight excluding hydrogens is 586 g/mol. The Labute approximate surface area is 240 Å². The first-order valence-corrected chi connectivity index (χ1v) is 14.7. The number of carbonyl (C=O) groups is 2. The van der Waals surface area contributed by atoms with Gasteiger partial charge in [-0.25, -0.2) is 17.9 Å². The predicted octanol–water partition coefficient (Wildman–Crippen LogP) is 4.26. The highest BCUT2D eigenvalue weighted by molar-refractivity contribution is 7.93. The SMILES string of the molecule is COCCOCCOCC(=O)Oc1c(C)cc(C)c(NC(=O)c2sccc2S(=O)(=O)Nc2onc(C)c2Cl)c1C. The molecule has 40 heavy (non-hydrogen) atoms. The number of halogens is 1. The second kappa shape index (κ2) is 14.1. The number of nitrogens with one attached hydrogen (secondary N) is 2. The summed E-state index contributed by atoms with van der Waals surface area (Å²) in [4.78, 5) is 25.3. The van der Waals surface area contributed by atoms with Crippen LogP contribution in [0.5, 0.6) is 5.75 Å². The molecule has 0 fully saturated rings. The molecule has 1 amide bonds. The van der Waals surface area contributed by atoms with E-state index in [1.54, 1.807) is 40.9 Å². The second-order valence-corrected chi connectivity index (χ2v) is 11.5. The Hall–Kier alpha value is -3.01. The van der Waals surface area contributed by atoms with E-state index >= 15 is 0 Å². The number of amides is 1. The van der Waals surface area contributed by atoms with Gasteiger partial charge in [-0.15, -0.1) is 11.3 Å². The molecule has 2 aromatic heterocycles. The quantitative estimate of drug-likeness (QED) is 0.153. The van der Waals surface area contributed by atoms with Crippen LogP contribution < -0.4 is 14.8 Å². The Kier molecular flexibility index (Phi) is 11.1. The molecule has 0 radical (unpaired) electrons. The zero-order valence-corrected chi connectivity index (χ0v) is 25.0. The molecule has 15 heteroatoms. The molecule has 218 valence electrons. The lowest BCUT2D eigenvalue weighted by atomic mass is 10.0. The van der Waals surface area contributed by atoms with E-state index in [0.717, 1.165) is 11.3 Å². The lowest BCUT2D eigenvalue weighted by Crippen LogP contribution is -2.21. The third-order valence-corrected chi connectivity index (χ3v) is 8.38. The first-order chi connectivity index (χ1) is 19.0. The number of thiophene rings is 1. The Morgan fingerprint density at radius 3 is 2.45 bits per heavy atom. The number of anilines is 2. The number of hydrogen-bond acceptors (Lipinski definition) is 11. The standard InChI is InChI=1S/C25H30ClN3O9S2/c1-14-12-15(2)22(37-19(30)13-36-10-9-35-8-7-34-5)16(3)21(14)27-24(31)23-18(6-11-39-23)40(32,33)29-25-20(26)17(4)28-38-25/h6,11-12,29H,7-10,13H2,1-5H3,(H,27,31). The van der Waals surface area contributed by atoms with Crippen molar-refractivity contribution in [1.29, 1.82) is 0 Å². The van der Waals surface area contributed by atoms with Crippen molar-refractivity contribution in [2.24, 2.45) is 0 Å². The van der Waals surface area contributed by atoms with E-state index in [9.17, 15) is 18.0 Å². The van der Waals surface area contributed by atoms with Crippen molar-refractivity contribution in [2.45, 2.75) is 32.6 Å². The van der Waals surface area contributed by atoms with Crippen molar-refractivity contribution < 1.29 is 41.5 Å². The highest BCUT2D eigenvalue weighted by Gasteiger charge is 2.28. The number of ether oxygens (including phenoxy) is 4. The number of aryl methyl sites for hydroxylation is 3. The fourth-order valence-electron chi connectivity index (χ4n) is 3.62. The average Bonchev–Trinajstić information content (AvgIpc) is 3.52. The molecular formula is C25H30ClN3O9S2. The average molecular weight is 616 g/mol. The molecule has 1 aromatic carbocycles. The molecule has 0 aliphatic rings. The highest BCUT2D eigenvalue weighted by Crippen LogP contribution is 2.35. The van der Waals surface area contributed by atoms with Gasteiger partial charge in [0.25, 0.3) is 21.8 Å². The molecule has 0 saturated heterocycles. The molecule has 3 aromatic rings. The molecule has 0 saturated carbocycles. The molecule has 0 atom stereocenters. The fraction of sp³-hybridized carbons (Fsp3) is 0.400. The van der Waals surface area contributed by atoms with Crippen molar-refractivity contribution in [1.82, 2.24) is 5.16 Å². The summed E-state index contributed by atoms with van der Waals surface area (Å²) in [6.07, 6.45) is 0. The Morgan fingerprint density at radius 2 is 1.77 bits per heavy atom. The molecule has 2 heterocycles. The van der Waals surface area contributed by atoms with Crippen LogP contribution in [0.4, 0.5) is 11.6 Å². The molecule has 2 N–H and O–H groups in total. The molecule has 0 spiro atoms. The number of benzene rings is 1. The molecule has 0 bridgehead atoms. The summed E-state index contributed by atoms with van der Waals surface area (Å²) in [6.45, 7) is 7.88. The van der Waals surface area contributed by atoms with Gasteiger partial charge < -0.3 is 28.8 Å². The first kappa shape index (κ1) is 31.5. The predicted molar refractivity (Wildman–Crippen MR) is 149 cm³/mol. The zero-order valence-electron chi connectivity index (χ0n) is 22.6. The lowest BCUT2D eigenvalue weighted by Gasteiger charge is -2.18. The summed E-state index contributed by atoms with van der Waals surface area (Å²) in [6, 6.07) is 3.04. The third kappa shape index (κ3) is 7.80. The smallest absolute Gasteiger partial charge is 0.337 e. The minimum absolute atomic E-state index is 0.0126. The summed E-state index contributed by atoms with van der Waals surface area (Å²) in [5.41, 5.74) is 2.54. The van der Waals surface area contributed by atoms with Gasteiger partial charge in [-0.05, 0) is 50.3 Å². The van der Waals surface area contributed by atoms with Gasteiger partial charge in [0, 0.05) is 12.7 Å². The molecule has 0 aliphatic carbocycles. The Balaban J connectivity index is 1.72. The molecule has 12 nitrogen and oxygen atoms in total. The van der Waals surface area contributed by atoms with Crippen LogP contribution in [0.3, 0.4) is 0 Å². The maximum absolute atomic E-state index is 13.3. The monoisotopic (exact) mass is 615 g/mol. The van der Waals surface area contributed by atoms with E-state index < -0.39 is 21.9 Å². The fourth-order valence-corrected chi connectivity index (χ4v) is 6.11. The topological polar surface area (TPSA) is 155 Å². The number of rotatable bonds is 14. The van der Waals surface area contributed by atoms with Gasteiger partial charge in [-0.2, -0.15) is 0 Å². The van der Waals surface area contributed by atoms with Crippen LogP contribution in [0.2, 0.25) is 5.02 Å². The minimum Gasteiger partial charge on any atom is -0.424 e. The van der Waals surface area contributed by atoms with Crippen LogP contribution in [0.1, 0.15) is 32.1 Å². The van der Waals surface area contributed by atoms with Crippen molar-refractivity contribution in [2.75, 3.05) is 50.2 Å². The van der Waals surface area contributed by atoms with Gasteiger partial charge in [0.1, 0.15) is 32.8 Å². The lowest BCUT2D eigenvalue weighted by molar-refractivity contribution is -0.140. The number of esters is 1. The Morgan fingerprint density at radius 1 is 1.07 bits per heavy atom. The number of methoxy groups -OCH3 is 1. The van der Waals surface area contributed by atoms with E-state index in [1.807, 2.05) is 0 Å². The summed E-state index contributed by atoms with van der Waals surface area (Å²) in [7, 11) is -2.66. The maximum Gasteiger partial charge on any atom is 0.337 e. The normalized spacial score (nSPS) is 11.4. The molecule has 0 aliphatic heterocycles. The van der Waals surface area contributed by atoms with Gasteiger partial charge in [-0.1, -0.05) is 22.8 Å². The minimum atomic E-state index is -4.23. The van der Waals surface area contributed by atoms with Gasteiger partial charge in [-0.3, -0.25) is 4.79 Å². The van der Waals surface area contributed by atoms with Crippen molar-refractivity contribution in [3.05, 3.63) is 49.8 Å². The number of hydrogen-bond donors (Lipinski definition) is 2.